The predicted molar refractivity (Wildman–Crippen MR) is 130 cm³/mol. The fraction of sp³-hybridized carbons (Fsp3) is 0.154. The molecule has 0 saturated carbocycles. The standard InChI is InChI=1S/C26H24N6O/c1-17(2)24-20(16-28-32(24)23-10-6-7-15-27-23)26(33)29-19-13-11-18(12-14-19)25-30-21-8-4-5-9-22(21)31(25)3/h4-17H,1-3H3,(H,29,33). The molecule has 164 valence electrons. The summed E-state index contributed by atoms with van der Waals surface area (Å²) in [4.78, 5) is 22.2. The molecule has 2 aromatic carbocycles. The van der Waals surface area contributed by atoms with Crippen molar-refractivity contribution in [2.24, 2.45) is 7.05 Å². The second-order valence-corrected chi connectivity index (χ2v) is 8.21. The van der Waals surface area contributed by atoms with Crippen LogP contribution in [0.2, 0.25) is 0 Å². The highest BCUT2D eigenvalue weighted by Gasteiger charge is 2.21. The van der Waals surface area contributed by atoms with Crippen LogP contribution >= 0.6 is 0 Å². The molecule has 3 heterocycles. The molecular formula is C26H24N6O. The molecule has 1 N–H and O–H groups in total. The van der Waals surface area contributed by atoms with Crippen LogP contribution in [0.15, 0.2) is 79.1 Å². The molecule has 0 fully saturated rings. The lowest BCUT2D eigenvalue weighted by Crippen LogP contribution is -2.15. The van der Waals surface area contributed by atoms with Crippen molar-refractivity contribution in [3.8, 4) is 17.2 Å². The van der Waals surface area contributed by atoms with Gasteiger partial charge in [-0.1, -0.05) is 32.0 Å². The van der Waals surface area contributed by atoms with Gasteiger partial charge in [0, 0.05) is 24.5 Å². The number of para-hydroxylation sites is 2. The monoisotopic (exact) mass is 436 g/mol. The SMILES string of the molecule is CC(C)c1c(C(=O)Nc2ccc(-c3nc4ccccc4n3C)cc2)cnn1-c1ccccn1. The van der Waals surface area contributed by atoms with Crippen LogP contribution in [0.4, 0.5) is 5.69 Å². The van der Waals surface area contributed by atoms with E-state index >= 15 is 0 Å². The number of nitrogens with zero attached hydrogens (tertiary/aromatic N) is 5. The van der Waals surface area contributed by atoms with Crippen molar-refractivity contribution in [1.82, 2.24) is 24.3 Å². The number of anilines is 1. The summed E-state index contributed by atoms with van der Waals surface area (Å²) in [5, 5.41) is 7.44. The molecule has 0 aliphatic heterocycles. The summed E-state index contributed by atoms with van der Waals surface area (Å²) in [5.74, 6) is 1.46. The Balaban J connectivity index is 1.41. The molecule has 5 rings (SSSR count). The van der Waals surface area contributed by atoms with Crippen molar-refractivity contribution in [3.63, 3.8) is 0 Å². The van der Waals surface area contributed by atoms with Gasteiger partial charge in [-0.15, -0.1) is 0 Å². The van der Waals surface area contributed by atoms with E-state index < -0.39 is 0 Å². The molecule has 0 aliphatic rings. The van der Waals surface area contributed by atoms with E-state index in [0.29, 0.717) is 17.1 Å². The van der Waals surface area contributed by atoms with Crippen molar-refractivity contribution >= 4 is 22.6 Å². The third kappa shape index (κ3) is 3.78. The van der Waals surface area contributed by atoms with E-state index in [0.717, 1.165) is 28.1 Å². The van der Waals surface area contributed by atoms with E-state index in [2.05, 4.69) is 26.0 Å². The van der Waals surface area contributed by atoms with Gasteiger partial charge in [-0.05, 0) is 54.4 Å². The summed E-state index contributed by atoms with van der Waals surface area (Å²) in [6.45, 7) is 4.08. The molecule has 0 bridgehead atoms. The Bertz CT molecular complexity index is 1430. The molecule has 3 aromatic heterocycles. The van der Waals surface area contributed by atoms with Crippen LogP contribution in [-0.4, -0.2) is 30.2 Å². The maximum Gasteiger partial charge on any atom is 0.259 e. The zero-order chi connectivity index (χ0) is 22.9. The average molecular weight is 437 g/mol. The van der Waals surface area contributed by atoms with Gasteiger partial charge in [0.05, 0.1) is 28.5 Å². The summed E-state index contributed by atoms with van der Waals surface area (Å²) >= 11 is 0. The van der Waals surface area contributed by atoms with Crippen LogP contribution in [0.1, 0.15) is 35.8 Å². The van der Waals surface area contributed by atoms with Crippen LogP contribution in [0.25, 0.3) is 28.2 Å². The lowest BCUT2D eigenvalue weighted by atomic mass is 10.1. The number of pyridine rings is 1. The van der Waals surface area contributed by atoms with E-state index in [1.807, 2.05) is 81.6 Å². The third-order valence-electron chi connectivity index (χ3n) is 5.65. The van der Waals surface area contributed by atoms with E-state index in [4.69, 9.17) is 4.98 Å². The minimum absolute atomic E-state index is 0.0928. The molecule has 0 spiro atoms. The number of amides is 1. The Kier molecular flexibility index (Phi) is 5.22. The van der Waals surface area contributed by atoms with E-state index in [-0.39, 0.29) is 11.8 Å². The van der Waals surface area contributed by atoms with Crippen LogP contribution in [-0.2, 0) is 7.05 Å². The van der Waals surface area contributed by atoms with Gasteiger partial charge in [-0.2, -0.15) is 5.10 Å². The molecule has 7 nitrogen and oxygen atoms in total. The Labute approximate surface area is 191 Å². The molecule has 0 unspecified atom stereocenters. The first kappa shape index (κ1) is 20.6. The maximum atomic E-state index is 13.1. The highest BCUT2D eigenvalue weighted by molar-refractivity contribution is 6.05. The van der Waals surface area contributed by atoms with Crippen molar-refractivity contribution in [2.45, 2.75) is 19.8 Å². The van der Waals surface area contributed by atoms with Gasteiger partial charge in [-0.3, -0.25) is 4.79 Å². The molecule has 7 heteroatoms. The van der Waals surface area contributed by atoms with Crippen LogP contribution < -0.4 is 5.32 Å². The number of imidazole rings is 1. The van der Waals surface area contributed by atoms with E-state index in [1.165, 1.54) is 0 Å². The summed E-state index contributed by atoms with van der Waals surface area (Å²) in [6.07, 6.45) is 3.32. The van der Waals surface area contributed by atoms with Crippen LogP contribution in [0.3, 0.4) is 0 Å². The molecule has 0 atom stereocenters. The predicted octanol–water partition coefficient (Wildman–Crippen LogP) is 5.20. The lowest BCUT2D eigenvalue weighted by molar-refractivity contribution is 0.102. The second-order valence-electron chi connectivity index (χ2n) is 8.21. The normalized spacial score (nSPS) is 11.3. The Morgan fingerprint density at radius 1 is 0.970 bits per heavy atom. The molecule has 0 aliphatic carbocycles. The number of fused-ring (bicyclic) bond motifs is 1. The highest BCUT2D eigenvalue weighted by atomic mass is 16.1. The van der Waals surface area contributed by atoms with Gasteiger partial charge < -0.3 is 9.88 Å². The largest absolute Gasteiger partial charge is 0.327 e. The summed E-state index contributed by atoms with van der Waals surface area (Å²) < 4.78 is 3.80. The molecule has 0 radical (unpaired) electrons. The number of aromatic nitrogens is 5. The maximum absolute atomic E-state index is 13.1. The Morgan fingerprint density at radius 2 is 1.73 bits per heavy atom. The zero-order valence-electron chi connectivity index (χ0n) is 18.7. The van der Waals surface area contributed by atoms with Crippen molar-refractivity contribution in [3.05, 3.63) is 90.4 Å². The summed E-state index contributed by atoms with van der Waals surface area (Å²) in [6, 6.07) is 21.4. The average Bonchev–Trinajstić information content (AvgIpc) is 3.43. The Hall–Kier alpha value is -4.26. The number of hydrogen-bond donors (Lipinski definition) is 1. The van der Waals surface area contributed by atoms with E-state index in [9.17, 15) is 4.79 Å². The summed E-state index contributed by atoms with van der Waals surface area (Å²) in [7, 11) is 2.01. The van der Waals surface area contributed by atoms with Gasteiger partial charge in [0.2, 0.25) is 0 Å². The topological polar surface area (TPSA) is 77.6 Å². The number of benzene rings is 2. The molecule has 33 heavy (non-hydrogen) atoms. The van der Waals surface area contributed by atoms with Gasteiger partial charge in [0.1, 0.15) is 5.82 Å². The summed E-state index contributed by atoms with van der Waals surface area (Å²) in [5.41, 5.74) is 5.09. The Morgan fingerprint density at radius 3 is 2.42 bits per heavy atom. The smallest absolute Gasteiger partial charge is 0.259 e. The van der Waals surface area contributed by atoms with Gasteiger partial charge in [0.15, 0.2) is 5.82 Å². The minimum Gasteiger partial charge on any atom is -0.327 e. The molecule has 1 amide bonds. The first-order chi connectivity index (χ1) is 16.0. The van der Waals surface area contributed by atoms with Crippen LogP contribution in [0.5, 0.6) is 0 Å². The fourth-order valence-corrected chi connectivity index (χ4v) is 4.05. The van der Waals surface area contributed by atoms with Gasteiger partial charge >= 0.3 is 0 Å². The molecule has 5 aromatic rings. The highest BCUT2D eigenvalue weighted by Crippen LogP contribution is 2.26. The number of aryl methyl sites for hydroxylation is 1. The molecular weight excluding hydrogens is 412 g/mol. The number of carbonyl (C=O) groups excluding carboxylic acids is 1. The molecule has 0 saturated heterocycles. The zero-order valence-corrected chi connectivity index (χ0v) is 18.7. The van der Waals surface area contributed by atoms with Gasteiger partial charge in [-0.25, -0.2) is 14.6 Å². The van der Waals surface area contributed by atoms with Gasteiger partial charge in [0.25, 0.3) is 5.91 Å². The quantitative estimate of drug-likeness (QED) is 0.411. The van der Waals surface area contributed by atoms with Crippen molar-refractivity contribution < 1.29 is 4.79 Å². The third-order valence-corrected chi connectivity index (χ3v) is 5.65. The van der Waals surface area contributed by atoms with Crippen molar-refractivity contribution in [2.75, 3.05) is 5.32 Å². The number of hydrogen-bond acceptors (Lipinski definition) is 4. The van der Waals surface area contributed by atoms with E-state index in [1.54, 1.807) is 17.1 Å². The first-order valence-electron chi connectivity index (χ1n) is 10.9. The lowest BCUT2D eigenvalue weighted by Gasteiger charge is -2.12. The number of nitrogens with one attached hydrogen (secondary N) is 1. The minimum atomic E-state index is -0.198. The first-order valence-corrected chi connectivity index (χ1v) is 10.9. The van der Waals surface area contributed by atoms with Crippen molar-refractivity contribution in [1.29, 1.82) is 0 Å². The number of carbonyl (C=O) groups is 1. The van der Waals surface area contributed by atoms with Crippen LogP contribution in [0, 0.1) is 0 Å². The number of rotatable bonds is 5. The second kappa shape index (κ2) is 8.35. The fourth-order valence-electron chi connectivity index (χ4n) is 4.05.